The number of rotatable bonds is 20. The highest BCUT2D eigenvalue weighted by atomic mass is 35.5. The molecule has 0 radical (unpaired) electrons. The van der Waals surface area contributed by atoms with Gasteiger partial charge in [-0.3, -0.25) is 38.4 Å². The monoisotopic (exact) mass is 1880 g/mol. The summed E-state index contributed by atoms with van der Waals surface area (Å²) in [5.41, 5.74) is 2.79. The average molecular weight is 1880 g/mol. The van der Waals surface area contributed by atoms with E-state index in [1.807, 2.05) is 0 Å². The number of halogens is 2. The predicted molar refractivity (Wildman–Crippen MR) is 453 cm³/mol. The number of carbonyl (C=O) groups excluding carboxylic acids is 8. The molecule has 23 atom stereocenters. The van der Waals surface area contributed by atoms with Gasteiger partial charge < -0.3 is 167 Å². The number of hydrogen-bond acceptors (Lipinski definition) is 33. The second-order valence-corrected chi connectivity index (χ2v) is 33.5. The van der Waals surface area contributed by atoms with Gasteiger partial charge in [0.15, 0.2) is 35.3 Å². The third-order valence-electron chi connectivity index (χ3n) is 23.5. The summed E-state index contributed by atoms with van der Waals surface area (Å²) in [6.07, 6.45) is -23.8. The van der Waals surface area contributed by atoms with Gasteiger partial charge in [0.2, 0.25) is 65.6 Å². The van der Waals surface area contributed by atoms with E-state index in [-0.39, 0.29) is 39.8 Å². The van der Waals surface area contributed by atoms with Gasteiger partial charge in [-0.15, -0.1) is 0 Å². The Morgan fingerprint density at radius 1 is 0.485 bits per heavy atom. The van der Waals surface area contributed by atoms with Crippen LogP contribution in [-0.4, -0.2) is 254 Å². The molecule has 8 amide bonds. The number of nitrogens with two attached hydrogens (primary N) is 1. The molecular formula is C88H97Cl2N9O33. The molecule has 9 heterocycles. The molecule has 44 heteroatoms. The van der Waals surface area contributed by atoms with Crippen molar-refractivity contribution in [2.24, 2.45) is 5.73 Å². The number of aliphatic hydroxyl groups is 10. The molecule has 0 unspecified atom stereocenters. The maximum absolute atomic E-state index is 17.0. The predicted octanol–water partition coefficient (Wildman–Crippen LogP) is 1.16. The number of aliphatic hydroxyl groups excluding tert-OH is 10. The minimum atomic E-state index is -2.59. The van der Waals surface area contributed by atoms with E-state index in [1.54, 1.807) is 0 Å². The fourth-order valence-electron chi connectivity index (χ4n) is 16.5. The maximum Gasteiger partial charge on any atom is 0.330 e. The third kappa shape index (κ3) is 20.7. The molecule has 9 aliphatic rings. The lowest BCUT2D eigenvalue weighted by Crippen LogP contribution is -2.65. The Balaban J connectivity index is 1.04. The second kappa shape index (κ2) is 41.0. The zero-order chi connectivity index (χ0) is 94.7. The van der Waals surface area contributed by atoms with E-state index >= 15 is 24.0 Å². The fraction of sp³-hybridized carbons (Fsp3) is 0.420. The Morgan fingerprint density at radius 3 is 1.66 bits per heavy atom. The van der Waals surface area contributed by atoms with Gasteiger partial charge in [-0.1, -0.05) is 92.9 Å². The number of phenolic OH excluding ortho intramolecular Hbond substituents is 4. The van der Waals surface area contributed by atoms with Gasteiger partial charge in [-0.25, -0.2) is 4.79 Å². The summed E-state index contributed by atoms with van der Waals surface area (Å²) in [6.45, 7) is -0.110. The molecule has 0 aromatic heterocycles. The van der Waals surface area contributed by atoms with Crippen LogP contribution in [0, 0.1) is 0 Å². The highest BCUT2D eigenvalue weighted by Gasteiger charge is 2.52. The minimum Gasteiger partial charge on any atom is -0.508 e. The third-order valence-corrected chi connectivity index (χ3v) is 24.0. The summed E-state index contributed by atoms with van der Waals surface area (Å²) in [5.74, 6) is -19.5. The van der Waals surface area contributed by atoms with Gasteiger partial charge >= 0.3 is 5.97 Å². The van der Waals surface area contributed by atoms with E-state index in [0.717, 1.165) is 124 Å². The van der Waals surface area contributed by atoms with Gasteiger partial charge in [0.1, 0.15) is 156 Å². The van der Waals surface area contributed by atoms with Crippen molar-refractivity contribution in [1.29, 1.82) is 0 Å². The normalized spacial score (nSPS) is 28.9. The van der Waals surface area contributed by atoms with E-state index in [2.05, 4.69) is 49.5 Å². The zero-order valence-corrected chi connectivity index (χ0v) is 71.6. The Labute approximate surface area is 759 Å². The molecule has 42 nitrogen and oxygen atoms in total. The fourth-order valence-corrected chi connectivity index (χ4v) is 17.0. The smallest absolute Gasteiger partial charge is 0.330 e. The van der Waals surface area contributed by atoms with E-state index in [4.69, 9.17) is 71.6 Å². The van der Waals surface area contributed by atoms with Crippen molar-refractivity contribution < 1.29 is 162 Å². The van der Waals surface area contributed by atoms with Gasteiger partial charge in [0.05, 0.1) is 29.9 Å². The number of nitrogens with one attached hydrogen (secondary N) is 8. The van der Waals surface area contributed by atoms with Crippen LogP contribution in [0.4, 0.5) is 0 Å². The molecule has 7 aromatic carbocycles. The van der Waals surface area contributed by atoms with Gasteiger partial charge in [-0.05, 0) is 119 Å². The van der Waals surface area contributed by atoms with Crippen molar-refractivity contribution in [2.75, 3.05) is 19.8 Å². The Kier molecular flexibility index (Phi) is 29.8. The molecule has 17 bridgehead atoms. The zero-order valence-electron chi connectivity index (χ0n) is 70.1. The maximum atomic E-state index is 17.0. The number of benzene rings is 7. The van der Waals surface area contributed by atoms with Crippen LogP contribution < -0.4 is 72.0 Å². The van der Waals surface area contributed by atoms with E-state index < -0.39 is 316 Å². The molecule has 132 heavy (non-hydrogen) atoms. The van der Waals surface area contributed by atoms with Crippen molar-refractivity contribution in [3.8, 4) is 80.1 Å². The van der Waals surface area contributed by atoms with Crippen LogP contribution in [0.5, 0.6) is 69.0 Å². The lowest BCUT2D eigenvalue weighted by molar-refractivity contribution is -0.284. The number of phenols is 4. The first kappa shape index (κ1) is 96.0. The molecule has 7 aromatic rings. The highest BCUT2D eigenvalue weighted by molar-refractivity contribution is 6.32. The molecule has 0 aliphatic carbocycles. The van der Waals surface area contributed by atoms with Crippen molar-refractivity contribution in [1.82, 2.24) is 42.5 Å². The number of carboxylic acids is 1. The molecule has 16 rings (SSSR count). The number of fused-ring (bicyclic) bond motifs is 14. The molecule has 9 aliphatic heterocycles. The number of carbonyl (C=O) groups is 9. The molecular weight excluding hydrogens is 1780 g/mol. The Hall–Kier alpha value is -12.1. The first-order valence-corrected chi connectivity index (χ1v) is 42.9. The van der Waals surface area contributed by atoms with Crippen LogP contribution in [0.2, 0.25) is 10.0 Å². The molecule has 0 spiro atoms. The topological polar surface area (TPSA) is 662 Å². The van der Waals surface area contributed by atoms with Crippen LogP contribution in [-0.2, 0) is 68.5 Å². The van der Waals surface area contributed by atoms with Crippen molar-refractivity contribution in [3.05, 3.63) is 164 Å². The number of hydrogen-bond donors (Lipinski definition) is 24. The van der Waals surface area contributed by atoms with E-state index in [0.29, 0.717) is 12.8 Å². The quantitative estimate of drug-likeness (QED) is 0.0476. The Bertz CT molecular complexity index is 5540. The number of ether oxygens (including phenoxy) is 9. The summed E-state index contributed by atoms with van der Waals surface area (Å²) < 4.78 is 57.5. The lowest BCUT2D eigenvalue weighted by Gasteiger charge is -2.44. The average Bonchev–Trinajstić information content (AvgIpc) is 0.757. The minimum absolute atomic E-state index is 0.0272. The molecule has 3 saturated heterocycles. The first-order chi connectivity index (χ1) is 63.0. The van der Waals surface area contributed by atoms with Crippen molar-refractivity contribution in [2.45, 2.75) is 212 Å². The van der Waals surface area contributed by atoms with Crippen LogP contribution in [0.1, 0.15) is 140 Å². The van der Waals surface area contributed by atoms with Gasteiger partial charge in [-0.2, -0.15) is 0 Å². The first-order valence-electron chi connectivity index (χ1n) is 42.1. The second-order valence-electron chi connectivity index (χ2n) is 32.7. The summed E-state index contributed by atoms with van der Waals surface area (Å²) in [7, 11) is 0. The summed E-state index contributed by atoms with van der Waals surface area (Å²) >= 11 is 14.7. The lowest BCUT2D eigenvalue weighted by atomic mass is 9.89. The number of carboxylic acid groups (broad SMARTS) is 1. The SMILES string of the molecule is CCCCCCCCCC(=O)N[C@H]1[C@H](Oc2c3cc4cc2Oc2ccc(cc2Cl)[C@@H](O[C@@H]2O[C@H](CO)[C@@H](O)[C@H](O)[C@H]2NC(C)=O)[C@@H]2NC(=O)[C@H](NC(=O)[C@@H]4NC(=O)[C@H]4NC(=O)[C@@H](Cc5ccc(c(Cl)c5)O3)NC(=O)[C@@H](N)c3ccc(O)c(c3)Oc3cc(O)cc4c3)c3ccc(O)c(c3)-c3c(O[C@H]4O[C@H](CO)[C@@H](O)[C@H](O)[C@@H]4O)cc(O)cc3[C@H](C(=O)O)NC2=O)O[C@H](CO)[C@@H](O)[C@@H]1O. The number of unbranched alkanes of at least 4 members (excludes halogenated alkanes) is 6. The van der Waals surface area contributed by atoms with Crippen LogP contribution >= 0.6 is 23.2 Å². The Morgan fingerprint density at radius 2 is 1.03 bits per heavy atom. The summed E-state index contributed by atoms with van der Waals surface area (Å²) in [5, 5.41) is 190. The molecule has 0 saturated carbocycles. The van der Waals surface area contributed by atoms with E-state index in [9.17, 15) is 95.8 Å². The number of aliphatic carboxylic acids is 1. The molecule has 3 fully saturated rings. The standard InChI is InChI=1S/C88H97Cl2N9O33/c1-3-4-5-6-7-8-9-10-60(108)94-68-74(113)71(110)58(32-101)129-87(68)132-78-55-26-40-27-56(78)126-52-18-14-38(24-47(52)90)77(131-86-67(92-34(2)103)73(112)70(109)57(31-100)128-86)69-84(121)98-66(85(122)123)45-29-42(105)30-54(127-88-76(115)75(114)72(111)59(33-102)130-88)61(45)44-23-37(13-15-49(44)106)63(81(118)99-69)96-83(120)65(40)97-82(119)64-39-21-41(104)28-43(22-39)124-53-25-36(12-16-50(53)107)62(91)80(117)93-48(79(116)95-64)20-35-11-17-51(125-55)46(89)19-35/h11-19,21-30,48,57-59,62-77,86-88,100-102,104-107,109-115H,3-10,20,31-33,91H2,1-2H3,(H,92,103)(H,93,117)(H,94,108)(H,95,116)(H,96,120)(H,97,119)(H,98,121)(H,99,118)(H,122,123)/t48-,57-,58-,59-,62+,63-,64+,65-,66-,67-,68-,69+,70-,71-,72-,73-,74-,75+,76+,77-,86+,87+,88+/m1/s1. The summed E-state index contributed by atoms with van der Waals surface area (Å²) in [4.78, 5) is 138. The van der Waals surface area contributed by atoms with Crippen LogP contribution in [0.3, 0.4) is 0 Å². The number of amides is 8. The largest absolute Gasteiger partial charge is 0.508 e. The molecule has 25 N–H and O–H groups in total. The summed E-state index contributed by atoms with van der Waals surface area (Å²) in [6, 6.07) is 0.681. The van der Waals surface area contributed by atoms with E-state index in [1.165, 1.54) is 30.3 Å². The van der Waals surface area contributed by atoms with Crippen molar-refractivity contribution in [3.63, 3.8) is 0 Å². The van der Waals surface area contributed by atoms with Crippen LogP contribution in [0.15, 0.2) is 115 Å². The van der Waals surface area contributed by atoms with Gasteiger partial charge in [0.25, 0.3) is 0 Å². The molecule has 706 valence electrons. The number of aromatic hydroxyl groups is 4. The van der Waals surface area contributed by atoms with Gasteiger partial charge in [0, 0.05) is 48.6 Å². The van der Waals surface area contributed by atoms with Crippen molar-refractivity contribution >= 4 is 76.4 Å². The highest BCUT2D eigenvalue weighted by Crippen LogP contribution is 2.51. The van der Waals surface area contributed by atoms with Crippen LogP contribution in [0.25, 0.3) is 11.1 Å².